The van der Waals surface area contributed by atoms with Crippen molar-refractivity contribution in [3.05, 3.63) is 0 Å². The zero-order chi connectivity index (χ0) is 11.0. The van der Waals surface area contributed by atoms with Gasteiger partial charge in [-0.25, -0.2) is 8.42 Å². The number of carbonyl (C=O) groups is 1. The lowest BCUT2D eigenvalue weighted by molar-refractivity contribution is -0.145. The number of hydrogen-bond donors (Lipinski definition) is 1. The van der Waals surface area contributed by atoms with E-state index in [0.717, 1.165) is 6.26 Å². The summed E-state index contributed by atoms with van der Waals surface area (Å²) in [6.45, 7) is 0. The first-order chi connectivity index (χ1) is 6.32. The predicted octanol–water partition coefficient (Wildman–Crippen LogP) is 0.178. The Morgan fingerprint density at radius 1 is 1.64 bits per heavy atom. The average molecular weight is 217 g/mol. The van der Waals surface area contributed by atoms with Crippen LogP contribution in [0.3, 0.4) is 0 Å². The van der Waals surface area contributed by atoms with Gasteiger partial charge in [0.25, 0.3) is 0 Å². The lowest BCUT2D eigenvalue weighted by Gasteiger charge is -2.13. The van der Waals surface area contributed by atoms with Crippen molar-refractivity contribution in [1.82, 2.24) is 0 Å². The van der Waals surface area contributed by atoms with Gasteiger partial charge in [0, 0.05) is 6.26 Å². The van der Waals surface area contributed by atoms with E-state index < -0.39 is 26.5 Å². The Labute approximate surface area is 82.3 Å². The van der Waals surface area contributed by atoms with Crippen LogP contribution in [0.5, 0.6) is 0 Å². The topological polar surface area (TPSA) is 95.2 Å². The van der Waals surface area contributed by atoms with E-state index in [0.29, 0.717) is 0 Å². The molecule has 1 saturated carbocycles. The zero-order valence-corrected chi connectivity index (χ0v) is 8.54. The van der Waals surface area contributed by atoms with E-state index in [1.807, 2.05) is 0 Å². The molecule has 1 rings (SSSR count). The van der Waals surface area contributed by atoms with Crippen LogP contribution < -0.4 is 0 Å². The minimum Gasteiger partial charge on any atom is -0.480 e. The molecule has 0 aromatic rings. The molecule has 6 heteroatoms. The minimum atomic E-state index is -3.23. The summed E-state index contributed by atoms with van der Waals surface area (Å²) < 4.78 is 22.3. The highest BCUT2D eigenvalue weighted by Crippen LogP contribution is 2.40. The number of aliphatic carboxylic acids is 1. The van der Waals surface area contributed by atoms with Gasteiger partial charge in [0.1, 0.15) is 9.84 Å². The van der Waals surface area contributed by atoms with Crippen molar-refractivity contribution in [2.45, 2.75) is 24.5 Å². The molecule has 0 aliphatic heterocycles. The highest BCUT2D eigenvalue weighted by molar-refractivity contribution is 7.91. The second-order valence-corrected chi connectivity index (χ2v) is 6.02. The Morgan fingerprint density at radius 3 is 2.43 bits per heavy atom. The fourth-order valence-corrected chi connectivity index (χ4v) is 2.84. The number of nitriles is 1. The molecule has 0 aromatic heterocycles. The summed E-state index contributed by atoms with van der Waals surface area (Å²) in [5, 5.41) is 16.9. The van der Waals surface area contributed by atoms with Crippen molar-refractivity contribution in [2.24, 2.45) is 5.41 Å². The lowest BCUT2D eigenvalue weighted by Crippen LogP contribution is -2.28. The van der Waals surface area contributed by atoms with Gasteiger partial charge in [-0.3, -0.25) is 4.79 Å². The third kappa shape index (κ3) is 1.73. The minimum absolute atomic E-state index is 0.0856. The second-order valence-electron chi connectivity index (χ2n) is 3.69. The van der Waals surface area contributed by atoms with Gasteiger partial charge in [-0.2, -0.15) is 5.26 Å². The number of carboxylic acids is 1. The average Bonchev–Trinajstić information content (AvgIpc) is 2.47. The van der Waals surface area contributed by atoms with Gasteiger partial charge in [-0.15, -0.1) is 0 Å². The van der Waals surface area contributed by atoms with E-state index in [9.17, 15) is 13.2 Å². The third-order valence-corrected chi connectivity index (χ3v) is 4.31. The van der Waals surface area contributed by atoms with E-state index >= 15 is 0 Å². The molecule has 14 heavy (non-hydrogen) atoms. The molecule has 0 heterocycles. The molecular weight excluding hydrogens is 206 g/mol. The second kappa shape index (κ2) is 3.24. The SMILES string of the molecule is CS(=O)(=O)[C@H]1CC[C@@](C#N)(C(=O)O)C1. The number of rotatable bonds is 2. The van der Waals surface area contributed by atoms with Crippen LogP contribution in [-0.4, -0.2) is 31.0 Å². The van der Waals surface area contributed by atoms with Crippen molar-refractivity contribution < 1.29 is 18.3 Å². The fraction of sp³-hybridized carbons (Fsp3) is 0.750. The Hall–Kier alpha value is -1.09. The smallest absolute Gasteiger partial charge is 0.324 e. The molecule has 0 unspecified atom stereocenters. The maximum Gasteiger partial charge on any atom is 0.324 e. The molecule has 1 fully saturated rings. The molecule has 1 aliphatic rings. The highest BCUT2D eigenvalue weighted by Gasteiger charge is 2.48. The standard InChI is InChI=1S/C8H11NO4S/c1-14(12,13)6-2-3-8(4-6,5-9)7(10)11/h6H,2-4H2,1H3,(H,10,11)/t6-,8+/m0/s1. The molecule has 1 N–H and O–H groups in total. The highest BCUT2D eigenvalue weighted by atomic mass is 32.2. The number of sulfone groups is 1. The van der Waals surface area contributed by atoms with Gasteiger partial charge >= 0.3 is 5.97 Å². The van der Waals surface area contributed by atoms with Crippen LogP contribution in [0.2, 0.25) is 0 Å². The van der Waals surface area contributed by atoms with Crippen molar-refractivity contribution in [1.29, 1.82) is 5.26 Å². The van der Waals surface area contributed by atoms with Crippen LogP contribution >= 0.6 is 0 Å². The quantitative estimate of drug-likeness (QED) is 0.711. The molecule has 5 nitrogen and oxygen atoms in total. The first kappa shape index (κ1) is 11.0. The molecule has 2 atom stereocenters. The normalized spacial score (nSPS) is 32.4. The number of carboxylic acid groups (broad SMARTS) is 1. The van der Waals surface area contributed by atoms with Crippen LogP contribution in [0.15, 0.2) is 0 Å². The van der Waals surface area contributed by atoms with Crippen molar-refractivity contribution in [2.75, 3.05) is 6.26 Å². The van der Waals surface area contributed by atoms with E-state index in [4.69, 9.17) is 10.4 Å². The van der Waals surface area contributed by atoms with Gasteiger partial charge in [-0.05, 0) is 19.3 Å². The Bertz CT molecular complexity index is 394. The van der Waals surface area contributed by atoms with Crippen molar-refractivity contribution in [3.63, 3.8) is 0 Å². The third-order valence-electron chi connectivity index (χ3n) is 2.70. The van der Waals surface area contributed by atoms with Crippen LogP contribution in [0.4, 0.5) is 0 Å². The summed E-state index contributed by atoms with van der Waals surface area (Å²) >= 11 is 0. The summed E-state index contributed by atoms with van der Waals surface area (Å²) in [4.78, 5) is 10.8. The van der Waals surface area contributed by atoms with Crippen LogP contribution in [0.25, 0.3) is 0 Å². The molecule has 0 radical (unpaired) electrons. The largest absolute Gasteiger partial charge is 0.480 e. The molecule has 0 amide bonds. The summed E-state index contributed by atoms with van der Waals surface area (Å²) in [5.41, 5.74) is -1.49. The molecule has 0 saturated heterocycles. The zero-order valence-electron chi connectivity index (χ0n) is 7.73. The fourth-order valence-electron chi connectivity index (χ4n) is 1.71. The van der Waals surface area contributed by atoms with Gasteiger partial charge in [0.05, 0.1) is 11.3 Å². The van der Waals surface area contributed by atoms with Crippen molar-refractivity contribution >= 4 is 15.8 Å². The van der Waals surface area contributed by atoms with Gasteiger partial charge < -0.3 is 5.11 Å². The first-order valence-corrected chi connectivity index (χ1v) is 6.11. The Balaban J connectivity index is 2.94. The van der Waals surface area contributed by atoms with Crippen LogP contribution in [0, 0.1) is 16.7 Å². The molecule has 1 aliphatic carbocycles. The summed E-state index contributed by atoms with van der Waals surface area (Å²) in [6, 6.07) is 1.71. The van der Waals surface area contributed by atoms with Gasteiger partial charge in [0.2, 0.25) is 0 Å². The summed E-state index contributed by atoms with van der Waals surface area (Å²) in [5.74, 6) is -1.22. The predicted molar refractivity (Wildman–Crippen MR) is 48.2 cm³/mol. The lowest BCUT2D eigenvalue weighted by atomic mass is 9.88. The van der Waals surface area contributed by atoms with Crippen LogP contribution in [0.1, 0.15) is 19.3 Å². The number of nitrogens with zero attached hydrogens (tertiary/aromatic N) is 1. The number of hydrogen-bond acceptors (Lipinski definition) is 4. The van der Waals surface area contributed by atoms with Crippen LogP contribution in [-0.2, 0) is 14.6 Å². The molecular formula is C8H11NO4S. The maximum atomic E-state index is 11.2. The first-order valence-electron chi connectivity index (χ1n) is 4.15. The van der Waals surface area contributed by atoms with E-state index in [1.165, 1.54) is 0 Å². The van der Waals surface area contributed by atoms with E-state index in [-0.39, 0.29) is 19.3 Å². The Kier molecular flexibility index (Phi) is 2.54. The summed E-state index contributed by atoms with van der Waals surface area (Å²) in [7, 11) is -3.23. The van der Waals surface area contributed by atoms with Gasteiger partial charge in [0.15, 0.2) is 5.41 Å². The molecule has 0 bridgehead atoms. The van der Waals surface area contributed by atoms with E-state index in [2.05, 4.69) is 0 Å². The van der Waals surface area contributed by atoms with Gasteiger partial charge in [-0.1, -0.05) is 0 Å². The molecule has 0 aromatic carbocycles. The van der Waals surface area contributed by atoms with E-state index in [1.54, 1.807) is 6.07 Å². The van der Waals surface area contributed by atoms with Crippen molar-refractivity contribution in [3.8, 4) is 6.07 Å². The Morgan fingerprint density at radius 2 is 2.21 bits per heavy atom. The maximum absolute atomic E-state index is 11.2. The molecule has 78 valence electrons. The monoisotopic (exact) mass is 217 g/mol. The molecule has 0 spiro atoms. The summed E-state index contributed by atoms with van der Waals surface area (Å²) in [6.07, 6.45) is 1.37.